The van der Waals surface area contributed by atoms with Crippen LogP contribution in [-0.4, -0.2) is 96.6 Å². The largest absolute Gasteiger partial charge is 0.598 e. The van der Waals surface area contributed by atoms with Crippen LogP contribution in [0.3, 0.4) is 0 Å². The van der Waals surface area contributed by atoms with Crippen LogP contribution in [0.25, 0.3) is 0 Å². The fourth-order valence-corrected chi connectivity index (χ4v) is 9.93. The summed E-state index contributed by atoms with van der Waals surface area (Å²) in [7, 11) is 0. The molecule has 7 rings (SSSR count). The number of halogens is 3. The number of hydrogen-bond acceptors (Lipinski definition) is 14. The number of rotatable bonds is 10. The van der Waals surface area contributed by atoms with Crippen molar-refractivity contribution in [2.24, 2.45) is 17.6 Å². The predicted molar refractivity (Wildman–Crippen MR) is 220 cm³/mol. The van der Waals surface area contributed by atoms with Crippen molar-refractivity contribution in [2.45, 2.75) is 120 Å². The molecule has 4 heterocycles. The second-order valence-electron chi connectivity index (χ2n) is 16.3. The third kappa shape index (κ3) is 10.0. The molecule has 18 heteroatoms. The molecule has 2 saturated heterocycles. The Kier molecular flexibility index (Phi) is 14.5. The number of hydrogen-bond donors (Lipinski definition) is 5. The van der Waals surface area contributed by atoms with E-state index in [1.165, 1.54) is 12.5 Å². The van der Waals surface area contributed by atoms with E-state index in [1.54, 1.807) is 18.2 Å². The van der Waals surface area contributed by atoms with Gasteiger partial charge in [0.1, 0.15) is 35.1 Å². The molecule has 56 heavy (non-hydrogen) atoms. The molecule has 10 atom stereocenters. The van der Waals surface area contributed by atoms with E-state index in [9.17, 15) is 14.5 Å². The van der Waals surface area contributed by atoms with Crippen LogP contribution in [0.15, 0.2) is 42.9 Å². The highest BCUT2D eigenvalue weighted by molar-refractivity contribution is 7.90. The van der Waals surface area contributed by atoms with E-state index in [4.69, 9.17) is 53.0 Å². The first-order valence-corrected chi connectivity index (χ1v) is 21.1. The quantitative estimate of drug-likeness (QED) is 0.121. The Balaban J connectivity index is 0.000000361. The third-order valence-corrected chi connectivity index (χ3v) is 13.4. The average Bonchev–Trinajstić information content (AvgIpc) is 3.89. The highest BCUT2D eigenvalue weighted by atomic mass is 35.5. The van der Waals surface area contributed by atoms with Crippen LogP contribution in [-0.2, 0) is 30.3 Å². The van der Waals surface area contributed by atoms with E-state index in [2.05, 4.69) is 20.0 Å². The molecule has 4 aliphatic rings. The molecule has 1 aromatic carbocycles. The van der Waals surface area contributed by atoms with Gasteiger partial charge in [-0.3, -0.25) is 4.79 Å². The molecule has 0 amide bonds. The summed E-state index contributed by atoms with van der Waals surface area (Å²) in [6, 6.07) is 8.14. The molecule has 2 aliphatic heterocycles. The van der Waals surface area contributed by atoms with Gasteiger partial charge in [-0.05, 0) is 85.1 Å². The zero-order chi connectivity index (χ0) is 40.0. The smallest absolute Gasteiger partial charge is 0.208 e. The number of thiophene rings is 1. The average molecular weight is 877 g/mol. The lowest BCUT2D eigenvalue weighted by Gasteiger charge is -2.28. The minimum absolute atomic E-state index is 0. The molecule has 1 unspecified atom stereocenters. The Bertz CT molecular complexity index is 1830. The summed E-state index contributed by atoms with van der Waals surface area (Å²) >= 11 is 12.7. The lowest BCUT2D eigenvalue weighted by Crippen LogP contribution is -2.41. The number of aromatic nitrogens is 2. The molecule has 4 fully saturated rings. The monoisotopic (exact) mass is 875 g/mol. The zero-order valence-corrected chi connectivity index (χ0v) is 36.3. The van der Waals surface area contributed by atoms with Crippen molar-refractivity contribution in [3.8, 4) is 0 Å². The van der Waals surface area contributed by atoms with Gasteiger partial charge in [-0.1, -0.05) is 35.3 Å². The molecule has 310 valence electrons. The molecule has 6 N–H and O–H groups in total. The summed E-state index contributed by atoms with van der Waals surface area (Å²) in [5, 5.41) is 22.9. The topological polar surface area (TPSA) is 193 Å². The molecule has 0 spiro atoms. The number of nitrogens with two attached hydrogens (primary N) is 1. The number of ether oxygens (including phenoxy) is 4. The van der Waals surface area contributed by atoms with Crippen molar-refractivity contribution >= 4 is 69.9 Å². The van der Waals surface area contributed by atoms with Crippen LogP contribution in [0.1, 0.15) is 93.7 Å². The van der Waals surface area contributed by atoms with Gasteiger partial charge < -0.3 is 44.8 Å². The lowest BCUT2D eigenvalue weighted by molar-refractivity contribution is -0.159. The number of aliphatic hydroxyl groups excluding tert-OH is 2. The van der Waals surface area contributed by atoms with Crippen molar-refractivity contribution < 1.29 is 38.5 Å². The Morgan fingerprint density at radius 1 is 1.02 bits per heavy atom. The number of benzene rings is 1. The fraction of sp³-hybridized carbons (Fsp3) is 0.605. The van der Waals surface area contributed by atoms with Gasteiger partial charge in [0.25, 0.3) is 0 Å². The summed E-state index contributed by atoms with van der Waals surface area (Å²) in [4.78, 5) is 22.8. The van der Waals surface area contributed by atoms with E-state index in [0.717, 1.165) is 23.3 Å². The third-order valence-electron chi connectivity index (χ3n) is 10.2. The first-order valence-electron chi connectivity index (χ1n) is 18.3. The Morgan fingerprint density at radius 2 is 1.62 bits per heavy atom. The standard InChI is InChI=1S/C29H34Cl2N4O5S2.C9H17NO3.ClH/c1-28(2,3)42(38)35-22(15-7-6-8-17(30)9-15)18-11-21(41-26(18)31)23(37)19-12-32-14-33-27(19)34-20-10-16(13-36)24-25(20)40-29(4,5)39-24;1-9(2)12-7-5(4-11)3-6(10)8(7)13-9;/h6-9,11-12,14,16,20,22,24-25,35-36H,10,13H2,1-5H3,(H,32,33,34);5-8,11H,3-4,10H2,1-2H3;1H/t16-,20-,22-,24-,25+,42?;5-,6-,7-,8+;/m11./s1. The van der Waals surface area contributed by atoms with Gasteiger partial charge >= 0.3 is 0 Å². The second kappa shape index (κ2) is 17.9. The van der Waals surface area contributed by atoms with Gasteiger partial charge in [0.15, 0.2) is 11.6 Å². The number of nitrogens with one attached hydrogen (secondary N) is 2. The van der Waals surface area contributed by atoms with Crippen LogP contribution >= 0.6 is 46.9 Å². The highest BCUT2D eigenvalue weighted by Crippen LogP contribution is 2.44. The lowest BCUT2D eigenvalue weighted by atomic mass is 10.0. The van der Waals surface area contributed by atoms with E-state index in [1.807, 2.05) is 60.6 Å². The molecular formula is C38H52Cl3N5O8S2. The highest BCUT2D eigenvalue weighted by Gasteiger charge is 2.54. The van der Waals surface area contributed by atoms with E-state index >= 15 is 0 Å². The van der Waals surface area contributed by atoms with Crippen molar-refractivity contribution in [2.75, 3.05) is 18.5 Å². The minimum atomic E-state index is -1.44. The molecule has 2 saturated carbocycles. The first kappa shape index (κ1) is 45.4. The molecular weight excluding hydrogens is 825 g/mol. The van der Waals surface area contributed by atoms with Crippen LogP contribution in [0.5, 0.6) is 0 Å². The van der Waals surface area contributed by atoms with Crippen LogP contribution < -0.4 is 15.8 Å². The van der Waals surface area contributed by atoms with Gasteiger partial charge in [-0.15, -0.1) is 28.5 Å². The Labute approximate surface area is 351 Å². The van der Waals surface area contributed by atoms with Gasteiger partial charge in [-0.25, -0.2) is 9.97 Å². The molecule has 2 aliphatic carbocycles. The number of carbonyl (C=O) groups is 1. The number of ketones is 1. The Hall–Kier alpha value is -1.67. The molecule has 2 aromatic heterocycles. The summed E-state index contributed by atoms with van der Waals surface area (Å²) in [5.41, 5.74) is 7.54. The number of anilines is 1. The summed E-state index contributed by atoms with van der Waals surface area (Å²) in [6.45, 7) is 13.2. The maximum atomic E-state index is 13.9. The van der Waals surface area contributed by atoms with Crippen LogP contribution in [0.2, 0.25) is 9.36 Å². The maximum absolute atomic E-state index is 13.9. The first-order chi connectivity index (χ1) is 25.8. The second-order valence-corrected chi connectivity index (χ2v) is 20.4. The van der Waals surface area contributed by atoms with Crippen LogP contribution in [0.4, 0.5) is 5.82 Å². The number of aliphatic hydroxyl groups is 2. The Morgan fingerprint density at radius 3 is 2.25 bits per heavy atom. The van der Waals surface area contributed by atoms with Gasteiger partial charge in [-0.2, -0.15) is 0 Å². The van der Waals surface area contributed by atoms with Gasteiger partial charge in [0.2, 0.25) is 5.78 Å². The number of nitrogens with zero attached hydrogens (tertiary/aromatic N) is 2. The van der Waals surface area contributed by atoms with Gasteiger partial charge in [0, 0.05) is 59.2 Å². The molecule has 0 bridgehead atoms. The molecule has 3 aromatic rings. The van der Waals surface area contributed by atoms with Crippen LogP contribution in [0, 0.1) is 11.8 Å². The number of fused-ring (bicyclic) bond motifs is 2. The predicted octanol–water partition coefficient (Wildman–Crippen LogP) is 5.80. The van der Waals surface area contributed by atoms with Crippen molar-refractivity contribution in [3.63, 3.8) is 0 Å². The summed E-state index contributed by atoms with van der Waals surface area (Å²) in [5.74, 6) is -1.24. The molecule has 0 radical (unpaired) electrons. The summed E-state index contributed by atoms with van der Waals surface area (Å²) < 4.78 is 39.7. The zero-order valence-electron chi connectivity index (χ0n) is 32.4. The van der Waals surface area contributed by atoms with Crippen molar-refractivity contribution in [1.82, 2.24) is 14.7 Å². The SMILES string of the molecule is CC1(C)O[C@@H]2[C@@H](CO)C[C@@H](N)[C@@H]2O1.CC1(C)O[C@@H]2[C@@H](CO)C[C@@H](Nc3ncncc3C(=O)c3cc([C@H](N[S+]([O-])C(C)(C)C)c4cccc(Cl)c4)c(Cl)s3)[C@@H]2O1.Cl. The minimum Gasteiger partial charge on any atom is -0.598 e. The summed E-state index contributed by atoms with van der Waals surface area (Å²) in [6.07, 6.45) is 3.59. The van der Waals surface area contributed by atoms with Crippen molar-refractivity contribution in [1.29, 1.82) is 0 Å². The fourth-order valence-electron chi connectivity index (χ4n) is 7.61. The van der Waals surface area contributed by atoms with E-state index in [0.29, 0.717) is 32.0 Å². The number of carbonyl (C=O) groups excluding carboxylic acids is 1. The van der Waals surface area contributed by atoms with Crippen molar-refractivity contribution in [3.05, 3.63) is 73.8 Å². The normalized spacial score (nSPS) is 29.7. The van der Waals surface area contributed by atoms with E-state index < -0.39 is 33.7 Å². The maximum Gasteiger partial charge on any atom is 0.208 e. The van der Waals surface area contributed by atoms with E-state index in [-0.39, 0.29) is 85.3 Å². The molecule has 13 nitrogen and oxygen atoms in total. The van der Waals surface area contributed by atoms with Gasteiger partial charge in [0.05, 0.1) is 33.0 Å².